The third-order valence-corrected chi connectivity index (χ3v) is 5.39. The van der Waals surface area contributed by atoms with E-state index in [1.165, 1.54) is 12.8 Å². The van der Waals surface area contributed by atoms with Crippen molar-refractivity contribution in [1.82, 2.24) is 10.2 Å². The lowest BCUT2D eigenvalue weighted by Crippen LogP contribution is -2.50. The van der Waals surface area contributed by atoms with E-state index in [1.54, 1.807) is 18.6 Å². The fourth-order valence-electron chi connectivity index (χ4n) is 3.82. The standard InChI is InChI=1S/C19H27N3O3.ClH/c1-3-19(8-6-18(23)21-15(19)2)16-7-12-24-17(16)14-20-25-13-11-22-9-4-5-10-22;/h6-8,12,14-15H,3-5,9-11,13H2,1-2H3,(H,21,23);1H. The third-order valence-electron chi connectivity index (χ3n) is 5.39. The van der Waals surface area contributed by atoms with Crippen LogP contribution < -0.4 is 5.32 Å². The molecule has 1 amide bonds. The van der Waals surface area contributed by atoms with Gasteiger partial charge in [0.2, 0.25) is 5.91 Å². The number of furan rings is 1. The van der Waals surface area contributed by atoms with Crippen LogP contribution in [0.3, 0.4) is 0 Å². The highest BCUT2D eigenvalue weighted by Gasteiger charge is 2.39. The van der Waals surface area contributed by atoms with E-state index in [1.807, 2.05) is 19.1 Å². The van der Waals surface area contributed by atoms with Gasteiger partial charge < -0.3 is 14.6 Å². The number of likely N-dealkylation sites (tertiary alicyclic amines) is 1. The largest absolute Gasteiger partial charge is 0.463 e. The van der Waals surface area contributed by atoms with Gasteiger partial charge in [-0.2, -0.15) is 0 Å². The minimum absolute atomic E-state index is 0. The lowest BCUT2D eigenvalue weighted by atomic mass is 9.71. The second kappa shape index (κ2) is 9.24. The fraction of sp³-hybridized carbons (Fsp3) is 0.579. The molecule has 1 fully saturated rings. The molecule has 7 heteroatoms. The van der Waals surface area contributed by atoms with Crippen LogP contribution in [0.4, 0.5) is 0 Å². The molecule has 3 rings (SSSR count). The number of carbonyl (C=O) groups is 1. The van der Waals surface area contributed by atoms with Gasteiger partial charge in [-0.25, -0.2) is 0 Å². The first-order valence-corrected chi connectivity index (χ1v) is 9.11. The van der Waals surface area contributed by atoms with Crippen molar-refractivity contribution in [3.05, 3.63) is 35.8 Å². The molecule has 0 spiro atoms. The van der Waals surface area contributed by atoms with Gasteiger partial charge in [-0.05, 0) is 51.4 Å². The lowest BCUT2D eigenvalue weighted by Gasteiger charge is -2.38. The number of hydrogen-bond acceptors (Lipinski definition) is 5. The monoisotopic (exact) mass is 381 g/mol. The Morgan fingerprint density at radius 1 is 1.46 bits per heavy atom. The normalized spacial score (nSPS) is 26.1. The van der Waals surface area contributed by atoms with Crippen LogP contribution in [0.25, 0.3) is 0 Å². The number of carbonyl (C=O) groups excluding carboxylic acids is 1. The van der Waals surface area contributed by atoms with Gasteiger partial charge in [0.1, 0.15) is 12.8 Å². The molecular formula is C19H28ClN3O3. The van der Waals surface area contributed by atoms with Gasteiger partial charge in [0, 0.05) is 23.6 Å². The van der Waals surface area contributed by atoms with E-state index in [0.29, 0.717) is 12.4 Å². The van der Waals surface area contributed by atoms with Crippen molar-refractivity contribution in [1.29, 1.82) is 0 Å². The molecule has 2 unspecified atom stereocenters. The second-order valence-corrected chi connectivity index (χ2v) is 6.77. The van der Waals surface area contributed by atoms with E-state index < -0.39 is 0 Å². The summed E-state index contributed by atoms with van der Waals surface area (Å²) >= 11 is 0. The molecule has 0 aliphatic carbocycles. The summed E-state index contributed by atoms with van der Waals surface area (Å²) in [5.41, 5.74) is 0.725. The van der Waals surface area contributed by atoms with Gasteiger partial charge in [-0.1, -0.05) is 18.2 Å². The number of rotatable bonds is 7. The lowest BCUT2D eigenvalue weighted by molar-refractivity contribution is -0.118. The summed E-state index contributed by atoms with van der Waals surface area (Å²) in [5.74, 6) is 0.621. The minimum Gasteiger partial charge on any atom is -0.463 e. The molecule has 0 radical (unpaired) electrons. The van der Waals surface area contributed by atoms with Crippen LogP contribution >= 0.6 is 12.4 Å². The van der Waals surface area contributed by atoms with E-state index in [0.717, 1.165) is 31.6 Å². The van der Waals surface area contributed by atoms with Gasteiger partial charge >= 0.3 is 0 Å². The average molecular weight is 382 g/mol. The molecule has 144 valence electrons. The first kappa shape index (κ1) is 20.5. The van der Waals surface area contributed by atoms with Crippen molar-refractivity contribution in [3.63, 3.8) is 0 Å². The van der Waals surface area contributed by atoms with E-state index in [4.69, 9.17) is 9.25 Å². The van der Waals surface area contributed by atoms with Crippen molar-refractivity contribution >= 4 is 24.5 Å². The molecule has 1 aromatic rings. The molecule has 26 heavy (non-hydrogen) atoms. The van der Waals surface area contributed by atoms with Crippen LogP contribution in [0.5, 0.6) is 0 Å². The van der Waals surface area contributed by atoms with Gasteiger partial charge in [-0.15, -0.1) is 12.4 Å². The van der Waals surface area contributed by atoms with Crippen molar-refractivity contribution in [2.75, 3.05) is 26.2 Å². The Morgan fingerprint density at radius 2 is 2.23 bits per heavy atom. The maximum Gasteiger partial charge on any atom is 0.243 e. The van der Waals surface area contributed by atoms with E-state index >= 15 is 0 Å². The Bertz CT molecular complexity index is 652. The molecule has 0 bridgehead atoms. The number of amides is 1. The average Bonchev–Trinajstić information content (AvgIpc) is 3.27. The van der Waals surface area contributed by atoms with Crippen LogP contribution in [0.15, 0.2) is 34.1 Å². The van der Waals surface area contributed by atoms with Crippen molar-refractivity contribution in [2.45, 2.75) is 44.6 Å². The third kappa shape index (κ3) is 4.30. The summed E-state index contributed by atoms with van der Waals surface area (Å²) in [6.07, 6.45) is 10.3. The summed E-state index contributed by atoms with van der Waals surface area (Å²) in [4.78, 5) is 19.4. The SMILES string of the molecule is CCC1(c2ccoc2C=NOCCN2CCCC2)C=CC(=O)NC1C.Cl. The Hall–Kier alpha value is -1.79. The van der Waals surface area contributed by atoms with Crippen LogP contribution in [-0.4, -0.2) is 49.3 Å². The predicted octanol–water partition coefficient (Wildman–Crippen LogP) is 2.87. The highest BCUT2D eigenvalue weighted by Crippen LogP contribution is 2.37. The summed E-state index contributed by atoms with van der Waals surface area (Å²) < 4.78 is 5.61. The molecule has 2 atom stereocenters. The van der Waals surface area contributed by atoms with E-state index in [9.17, 15) is 4.79 Å². The summed E-state index contributed by atoms with van der Waals surface area (Å²) in [6, 6.07) is 1.93. The first-order chi connectivity index (χ1) is 12.2. The number of halogens is 1. The first-order valence-electron chi connectivity index (χ1n) is 9.11. The van der Waals surface area contributed by atoms with Gasteiger partial charge in [0.05, 0.1) is 6.26 Å². The Balaban J connectivity index is 0.00000243. The summed E-state index contributed by atoms with van der Waals surface area (Å²) in [5, 5.41) is 7.07. The maximum atomic E-state index is 11.6. The Kier molecular flexibility index (Phi) is 7.29. The highest BCUT2D eigenvalue weighted by molar-refractivity contribution is 5.90. The molecule has 0 aromatic carbocycles. The number of hydrogen-bond donors (Lipinski definition) is 1. The highest BCUT2D eigenvalue weighted by atomic mass is 35.5. The molecule has 1 aromatic heterocycles. The molecule has 2 aliphatic rings. The predicted molar refractivity (Wildman–Crippen MR) is 104 cm³/mol. The van der Waals surface area contributed by atoms with E-state index in [-0.39, 0.29) is 29.8 Å². The topological polar surface area (TPSA) is 67.1 Å². The molecule has 1 N–H and O–H groups in total. The summed E-state index contributed by atoms with van der Waals surface area (Å²) in [6.45, 7) is 7.93. The summed E-state index contributed by atoms with van der Waals surface area (Å²) in [7, 11) is 0. The zero-order valence-corrected chi connectivity index (χ0v) is 16.3. The Morgan fingerprint density at radius 3 is 2.92 bits per heavy atom. The van der Waals surface area contributed by atoms with E-state index in [2.05, 4.69) is 22.3 Å². The zero-order valence-electron chi connectivity index (χ0n) is 15.4. The maximum absolute atomic E-state index is 11.6. The smallest absolute Gasteiger partial charge is 0.243 e. The number of nitrogens with one attached hydrogen (secondary N) is 1. The Labute approximate surface area is 161 Å². The molecular weight excluding hydrogens is 354 g/mol. The van der Waals surface area contributed by atoms with Gasteiger partial charge in [0.25, 0.3) is 0 Å². The van der Waals surface area contributed by atoms with Crippen molar-refractivity contribution in [3.8, 4) is 0 Å². The van der Waals surface area contributed by atoms with Crippen molar-refractivity contribution < 1.29 is 14.0 Å². The molecule has 1 saturated heterocycles. The van der Waals surface area contributed by atoms with Crippen molar-refractivity contribution in [2.24, 2.45) is 5.16 Å². The quantitative estimate of drug-likeness (QED) is 0.448. The van der Waals surface area contributed by atoms with Crippen LogP contribution in [0.1, 0.15) is 44.4 Å². The van der Waals surface area contributed by atoms with Crippen LogP contribution in [0.2, 0.25) is 0 Å². The molecule has 2 aliphatic heterocycles. The molecule has 0 saturated carbocycles. The van der Waals surface area contributed by atoms with Gasteiger partial charge in [0.15, 0.2) is 5.76 Å². The molecule has 3 heterocycles. The van der Waals surface area contributed by atoms with Crippen LogP contribution in [0, 0.1) is 0 Å². The molecule has 6 nitrogen and oxygen atoms in total. The minimum atomic E-state index is -0.294. The van der Waals surface area contributed by atoms with Gasteiger partial charge in [-0.3, -0.25) is 9.69 Å². The zero-order chi connectivity index (χ0) is 17.7. The van der Waals surface area contributed by atoms with Crippen LogP contribution in [-0.2, 0) is 15.0 Å². The second-order valence-electron chi connectivity index (χ2n) is 6.77. The fourth-order valence-corrected chi connectivity index (χ4v) is 3.82. The number of nitrogens with zero attached hydrogens (tertiary/aromatic N) is 2. The number of oxime groups is 1.